The molecule has 0 bridgehead atoms. The van der Waals surface area contributed by atoms with Gasteiger partial charge in [-0.1, -0.05) is 42.2 Å². The molecule has 0 unspecified atom stereocenters. The van der Waals surface area contributed by atoms with Gasteiger partial charge in [0.15, 0.2) is 0 Å². The minimum absolute atomic E-state index is 0.236. The van der Waals surface area contributed by atoms with E-state index in [1.54, 1.807) is 0 Å². The SMILES string of the molecule is O=C(OCc1ccccc1)N(CC#CBr)CC#CBr. The zero-order valence-electron chi connectivity index (χ0n) is 10.0. The van der Waals surface area contributed by atoms with E-state index in [0.29, 0.717) is 0 Å². The molecule has 1 amide bonds. The summed E-state index contributed by atoms with van der Waals surface area (Å²) in [5.41, 5.74) is 0.939. The minimum atomic E-state index is -0.436. The normalized spacial score (nSPS) is 8.53. The Balaban J connectivity index is 2.54. The van der Waals surface area contributed by atoms with Crippen LogP contribution in [0.2, 0.25) is 0 Å². The van der Waals surface area contributed by atoms with Crippen molar-refractivity contribution in [1.29, 1.82) is 0 Å². The Morgan fingerprint density at radius 2 is 1.68 bits per heavy atom. The fraction of sp³-hybridized carbons (Fsp3) is 0.214. The van der Waals surface area contributed by atoms with Crippen LogP contribution in [0.3, 0.4) is 0 Å². The largest absolute Gasteiger partial charge is 0.445 e. The van der Waals surface area contributed by atoms with Crippen LogP contribution in [-0.4, -0.2) is 24.1 Å². The molecule has 3 nitrogen and oxygen atoms in total. The first-order valence-electron chi connectivity index (χ1n) is 5.40. The molecular weight excluding hydrogens is 374 g/mol. The van der Waals surface area contributed by atoms with E-state index in [1.165, 1.54) is 4.90 Å². The number of ether oxygens (including phenoxy) is 1. The second kappa shape index (κ2) is 9.49. The molecule has 5 heteroatoms. The average Bonchev–Trinajstić information content (AvgIpc) is 2.46. The number of benzene rings is 1. The monoisotopic (exact) mass is 383 g/mol. The maximum absolute atomic E-state index is 11.9. The fourth-order valence-electron chi connectivity index (χ4n) is 1.25. The molecular formula is C14H11Br2NO2. The summed E-state index contributed by atoms with van der Waals surface area (Å²) in [7, 11) is 0. The summed E-state index contributed by atoms with van der Waals surface area (Å²) in [5, 5.41) is 0. The molecule has 1 rings (SSSR count). The number of nitrogens with zero attached hydrogens (tertiary/aromatic N) is 1. The fourth-order valence-corrected chi connectivity index (χ4v) is 1.50. The van der Waals surface area contributed by atoms with E-state index in [9.17, 15) is 4.79 Å². The number of halogens is 2. The molecule has 0 aliphatic heterocycles. The van der Waals surface area contributed by atoms with Gasteiger partial charge in [-0.25, -0.2) is 4.79 Å². The summed E-state index contributed by atoms with van der Waals surface area (Å²) in [4.78, 5) is 18.4. The molecule has 0 saturated heterocycles. The van der Waals surface area contributed by atoms with Crippen molar-refractivity contribution in [3.05, 3.63) is 35.9 Å². The second-order valence-electron chi connectivity index (χ2n) is 3.44. The maximum Gasteiger partial charge on any atom is 0.411 e. The lowest BCUT2D eigenvalue weighted by Gasteiger charge is -2.16. The molecule has 0 radical (unpaired) electrons. The molecule has 98 valence electrons. The summed E-state index contributed by atoms with van der Waals surface area (Å²) >= 11 is 5.97. The molecule has 0 spiro atoms. The highest BCUT2D eigenvalue weighted by Gasteiger charge is 2.12. The highest BCUT2D eigenvalue weighted by atomic mass is 79.9. The first kappa shape index (κ1) is 15.6. The number of rotatable bonds is 4. The van der Waals surface area contributed by atoms with E-state index in [4.69, 9.17) is 4.74 Å². The standard InChI is InChI=1S/C14H11Br2NO2/c15-8-4-10-17(11-5-9-16)14(18)19-12-13-6-2-1-3-7-13/h1-3,6-7H,10-12H2. The van der Waals surface area contributed by atoms with Crippen molar-refractivity contribution in [3.8, 4) is 21.5 Å². The first-order valence-corrected chi connectivity index (χ1v) is 6.99. The Labute approximate surface area is 129 Å². The molecule has 0 aliphatic rings. The van der Waals surface area contributed by atoms with Crippen LogP contribution in [0.15, 0.2) is 30.3 Å². The maximum atomic E-state index is 11.9. The molecule has 0 N–H and O–H groups in total. The van der Waals surface area contributed by atoms with Crippen molar-refractivity contribution in [1.82, 2.24) is 4.90 Å². The van der Waals surface area contributed by atoms with Crippen molar-refractivity contribution < 1.29 is 9.53 Å². The summed E-state index contributed by atoms with van der Waals surface area (Å²) in [6.07, 6.45) is -0.436. The highest BCUT2D eigenvalue weighted by Crippen LogP contribution is 2.03. The third-order valence-corrected chi connectivity index (χ3v) is 2.70. The van der Waals surface area contributed by atoms with Gasteiger partial charge in [0.2, 0.25) is 0 Å². The van der Waals surface area contributed by atoms with Gasteiger partial charge in [0.05, 0.1) is 13.1 Å². The van der Waals surface area contributed by atoms with Gasteiger partial charge in [-0.2, -0.15) is 0 Å². The highest BCUT2D eigenvalue weighted by molar-refractivity contribution is 9.12. The van der Waals surface area contributed by atoms with Gasteiger partial charge in [0.25, 0.3) is 0 Å². The smallest absolute Gasteiger partial charge is 0.411 e. The van der Waals surface area contributed by atoms with Gasteiger partial charge in [-0.3, -0.25) is 4.90 Å². The summed E-state index contributed by atoms with van der Waals surface area (Å²) in [6.45, 7) is 0.765. The Morgan fingerprint density at radius 3 is 2.21 bits per heavy atom. The van der Waals surface area contributed by atoms with Crippen molar-refractivity contribution in [3.63, 3.8) is 0 Å². The number of hydrogen-bond donors (Lipinski definition) is 0. The van der Waals surface area contributed by atoms with E-state index >= 15 is 0 Å². The Morgan fingerprint density at radius 1 is 1.11 bits per heavy atom. The Hall–Kier alpha value is -1.43. The van der Waals surface area contributed by atoms with Crippen LogP contribution in [0.25, 0.3) is 0 Å². The summed E-state index contributed by atoms with van der Waals surface area (Å²) in [5.74, 6) is 5.49. The molecule has 0 aliphatic carbocycles. The lowest BCUT2D eigenvalue weighted by atomic mass is 10.2. The molecule has 0 atom stereocenters. The summed E-state index contributed by atoms with van der Waals surface area (Å²) < 4.78 is 5.21. The Kier molecular flexibility index (Phi) is 7.81. The molecule has 19 heavy (non-hydrogen) atoms. The molecule has 0 aromatic heterocycles. The Bertz CT molecular complexity index is 501. The number of carbonyl (C=O) groups is 1. The molecule has 0 heterocycles. The van der Waals surface area contributed by atoms with Crippen LogP contribution in [0.4, 0.5) is 4.79 Å². The molecule has 0 fully saturated rings. The number of amides is 1. The molecule has 0 saturated carbocycles. The van der Waals surface area contributed by atoms with E-state index < -0.39 is 6.09 Å². The molecule has 1 aromatic carbocycles. The van der Waals surface area contributed by atoms with E-state index in [1.807, 2.05) is 30.3 Å². The van der Waals surface area contributed by atoms with Crippen LogP contribution >= 0.6 is 31.9 Å². The third kappa shape index (κ3) is 6.33. The van der Waals surface area contributed by atoms with E-state index in [0.717, 1.165) is 5.56 Å². The van der Waals surface area contributed by atoms with Crippen LogP contribution in [0, 0.1) is 21.5 Å². The van der Waals surface area contributed by atoms with E-state index in [2.05, 4.69) is 53.4 Å². The van der Waals surface area contributed by atoms with Crippen molar-refractivity contribution in [2.45, 2.75) is 6.61 Å². The van der Waals surface area contributed by atoms with Crippen LogP contribution in [0.1, 0.15) is 5.56 Å². The van der Waals surface area contributed by atoms with Gasteiger partial charge in [0.1, 0.15) is 6.61 Å². The zero-order chi connectivity index (χ0) is 13.9. The predicted molar refractivity (Wildman–Crippen MR) is 81.6 cm³/mol. The zero-order valence-corrected chi connectivity index (χ0v) is 13.2. The van der Waals surface area contributed by atoms with E-state index in [-0.39, 0.29) is 19.7 Å². The quantitative estimate of drug-likeness (QED) is 0.745. The third-order valence-electron chi connectivity index (χ3n) is 2.14. The van der Waals surface area contributed by atoms with Gasteiger partial charge >= 0.3 is 6.09 Å². The summed E-state index contributed by atoms with van der Waals surface area (Å²) in [6, 6.07) is 9.50. The van der Waals surface area contributed by atoms with Gasteiger partial charge in [0, 0.05) is 31.9 Å². The van der Waals surface area contributed by atoms with Gasteiger partial charge in [-0.05, 0) is 15.2 Å². The van der Waals surface area contributed by atoms with Crippen LogP contribution < -0.4 is 0 Å². The predicted octanol–water partition coefficient (Wildman–Crippen LogP) is 3.34. The lowest BCUT2D eigenvalue weighted by molar-refractivity contribution is 0.105. The van der Waals surface area contributed by atoms with Crippen LogP contribution in [0.5, 0.6) is 0 Å². The van der Waals surface area contributed by atoms with Crippen molar-refractivity contribution >= 4 is 38.0 Å². The second-order valence-corrected chi connectivity index (χ2v) is 4.23. The lowest BCUT2D eigenvalue weighted by Crippen LogP contribution is -2.32. The number of carbonyl (C=O) groups excluding carboxylic acids is 1. The molecule has 1 aromatic rings. The van der Waals surface area contributed by atoms with Crippen molar-refractivity contribution in [2.75, 3.05) is 13.1 Å². The van der Waals surface area contributed by atoms with Crippen molar-refractivity contribution in [2.24, 2.45) is 0 Å². The van der Waals surface area contributed by atoms with Crippen LogP contribution in [-0.2, 0) is 11.3 Å². The van der Waals surface area contributed by atoms with Gasteiger partial charge in [-0.15, -0.1) is 0 Å². The minimum Gasteiger partial charge on any atom is -0.445 e. The first-order chi connectivity index (χ1) is 9.27. The number of hydrogen-bond acceptors (Lipinski definition) is 2. The van der Waals surface area contributed by atoms with Gasteiger partial charge < -0.3 is 4.74 Å². The average molecular weight is 385 g/mol. The topological polar surface area (TPSA) is 29.5 Å².